The van der Waals surface area contributed by atoms with Crippen LogP contribution in [0.4, 0.5) is 5.69 Å². The Morgan fingerprint density at radius 1 is 1.24 bits per heavy atom. The third kappa shape index (κ3) is 2.11. The number of hydrogen-bond acceptors (Lipinski definition) is 4. The van der Waals surface area contributed by atoms with Crippen LogP contribution in [-0.4, -0.2) is 4.98 Å². The number of fused-ring (bicyclic) bond motifs is 2. The van der Waals surface area contributed by atoms with Gasteiger partial charge in [-0.1, -0.05) is 25.7 Å². The Labute approximate surface area is 128 Å². The van der Waals surface area contributed by atoms with E-state index in [1.807, 2.05) is 0 Å². The number of pyridine rings is 1. The molecule has 1 atom stereocenters. The highest BCUT2D eigenvalue weighted by Crippen LogP contribution is 2.40. The summed E-state index contributed by atoms with van der Waals surface area (Å²) in [6, 6.07) is 4.40. The molecule has 2 heterocycles. The Bertz CT molecular complexity index is 735. The Balaban J connectivity index is 1.72. The third-order valence-electron chi connectivity index (χ3n) is 5.29. The molecular weight excluding hydrogens is 278 g/mol. The molecule has 0 saturated heterocycles. The molecule has 2 N–H and O–H groups in total. The Morgan fingerprint density at radius 2 is 2.05 bits per heavy atom. The van der Waals surface area contributed by atoms with Gasteiger partial charge in [0.1, 0.15) is 15.8 Å². The van der Waals surface area contributed by atoms with Crippen molar-refractivity contribution in [3.8, 4) is 6.07 Å². The minimum absolute atomic E-state index is 0.604. The highest BCUT2D eigenvalue weighted by atomic mass is 32.1. The minimum atomic E-state index is 0.604. The van der Waals surface area contributed by atoms with E-state index in [0.29, 0.717) is 10.6 Å². The van der Waals surface area contributed by atoms with Crippen molar-refractivity contribution in [3.63, 3.8) is 0 Å². The van der Waals surface area contributed by atoms with Gasteiger partial charge in [-0.15, -0.1) is 11.3 Å². The van der Waals surface area contributed by atoms with E-state index in [9.17, 15) is 0 Å². The minimum Gasteiger partial charge on any atom is -0.396 e. The Morgan fingerprint density at radius 3 is 2.81 bits per heavy atom. The zero-order valence-corrected chi connectivity index (χ0v) is 12.9. The second-order valence-corrected chi connectivity index (χ2v) is 7.45. The number of hydrogen-bond donors (Lipinski definition) is 1. The van der Waals surface area contributed by atoms with Crippen LogP contribution in [0.5, 0.6) is 0 Å². The number of anilines is 1. The molecule has 2 aliphatic carbocycles. The average molecular weight is 297 g/mol. The molecule has 1 unspecified atom stereocenters. The van der Waals surface area contributed by atoms with Crippen LogP contribution in [-0.2, 0) is 12.8 Å². The predicted molar refractivity (Wildman–Crippen MR) is 86.2 cm³/mol. The molecule has 21 heavy (non-hydrogen) atoms. The van der Waals surface area contributed by atoms with Crippen molar-refractivity contribution in [2.75, 3.05) is 5.73 Å². The normalized spacial score (nSPS) is 22.3. The lowest BCUT2D eigenvalue weighted by Crippen LogP contribution is -2.21. The summed E-state index contributed by atoms with van der Waals surface area (Å²) < 4.78 is 0. The van der Waals surface area contributed by atoms with E-state index >= 15 is 0 Å². The summed E-state index contributed by atoms with van der Waals surface area (Å²) >= 11 is 1.43. The summed E-state index contributed by atoms with van der Waals surface area (Å²) in [7, 11) is 0. The number of nitrogens with two attached hydrogens (primary N) is 1. The molecule has 0 amide bonds. The first kappa shape index (κ1) is 13.1. The number of rotatable bonds is 1. The monoisotopic (exact) mass is 297 g/mol. The molecule has 4 heteroatoms. The van der Waals surface area contributed by atoms with Gasteiger partial charge in [-0.25, -0.2) is 4.98 Å². The largest absolute Gasteiger partial charge is 0.396 e. The van der Waals surface area contributed by atoms with Crippen molar-refractivity contribution in [1.29, 1.82) is 5.26 Å². The molecular formula is C17H19N3S. The van der Waals surface area contributed by atoms with Crippen molar-refractivity contribution in [1.82, 2.24) is 4.98 Å². The summed E-state index contributed by atoms with van der Waals surface area (Å²) in [5.41, 5.74) is 9.32. The van der Waals surface area contributed by atoms with Crippen LogP contribution in [0.15, 0.2) is 6.07 Å². The van der Waals surface area contributed by atoms with Crippen LogP contribution in [0.1, 0.15) is 48.2 Å². The standard InChI is InChI=1S/C17H19N3S/c18-9-15-16(19)13-8-12-7-11(10-3-1-2-4-10)5-6-14(12)20-17(13)21-15/h8,10-11H,1-7,19H2. The van der Waals surface area contributed by atoms with Gasteiger partial charge < -0.3 is 5.73 Å². The Kier molecular flexibility index (Phi) is 3.11. The van der Waals surface area contributed by atoms with Crippen LogP contribution in [0.3, 0.4) is 0 Å². The van der Waals surface area contributed by atoms with Crippen LogP contribution in [0, 0.1) is 23.2 Å². The van der Waals surface area contributed by atoms with Crippen molar-refractivity contribution in [2.45, 2.75) is 44.9 Å². The molecule has 0 bridgehead atoms. The fraction of sp³-hybridized carbons (Fsp3) is 0.529. The summed E-state index contributed by atoms with van der Waals surface area (Å²) in [6.07, 6.45) is 9.17. The lowest BCUT2D eigenvalue weighted by atomic mass is 9.78. The van der Waals surface area contributed by atoms with Gasteiger partial charge in [0.05, 0.1) is 5.69 Å². The number of nitrogen functional groups attached to an aromatic ring is 1. The van der Waals surface area contributed by atoms with E-state index in [4.69, 9.17) is 16.0 Å². The van der Waals surface area contributed by atoms with E-state index in [1.165, 1.54) is 54.7 Å². The van der Waals surface area contributed by atoms with Crippen LogP contribution >= 0.6 is 11.3 Å². The van der Waals surface area contributed by atoms with Crippen molar-refractivity contribution >= 4 is 27.2 Å². The lowest BCUT2D eigenvalue weighted by Gasteiger charge is -2.28. The molecule has 2 aromatic heterocycles. The van der Waals surface area contributed by atoms with Gasteiger partial charge in [0.25, 0.3) is 0 Å². The lowest BCUT2D eigenvalue weighted by molar-refractivity contribution is 0.303. The third-order valence-corrected chi connectivity index (χ3v) is 6.31. The number of nitrogens with zero attached hydrogens (tertiary/aromatic N) is 2. The second-order valence-electron chi connectivity index (χ2n) is 6.45. The molecule has 0 spiro atoms. The molecule has 2 aliphatic rings. The summed E-state index contributed by atoms with van der Waals surface area (Å²) in [6.45, 7) is 0. The first-order chi connectivity index (χ1) is 10.3. The first-order valence-electron chi connectivity index (χ1n) is 7.87. The van der Waals surface area contributed by atoms with Crippen molar-refractivity contribution in [2.24, 2.45) is 11.8 Å². The summed E-state index contributed by atoms with van der Waals surface area (Å²) in [5, 5.41) is 10.1. The van der Waals surface area contributed by atoms with Gasteiger partial charge >= 0.3 is 0 Å². The highest BCUT2D eigenvalue weighted by Gasteiger charge is 2.29. The molecule has 4 rings (SSSR count). The van der Waals surface area contributed by atoms with Crippen LogP contribution in [0.25, 0.3) is 10.2 Å². The van der Waals surface area contributed by atoms with Gasteiger partial charge in [-0.2, -0.15) is 5.26 Å². The Hall–Kier alpha value is -1.60. The van der Waals surface area contributed by atoms with E-state index in [-0.39, 0.29) is 0 Å². The zero-order valence-electron chi connectivity index (χ0n) is 12.1. The van der Waals surface area contributed by atoms with Crippen molar-refractivity contribution in [3.05, 3.63) is 22.2 Å². The van der Waals surface area contributed by atoms with Gasteiger partial charge in [-0.3, -0.25) is 0 Å². The van der Waals surface area contributed by atoms with Gasteiger partial charge in [0.15, 0.2) is 0 Å². The maximum Gasteiger partial charge on any atom is 0.130 e. The maximum absolute atomic E-state index is 9.12. The fourth-order valence-corrected chi connectivity index (χ4v) is 5.03. The predicted octanol–water partition coefficient (Wildman–Crippen LogP) is 4.05. The molecule has 3 nitrogen and oxygen atoms in total. The van der Waals surface area contributed by atoms with Crippen molar-refractivity contribution < 1.29 is 0 Å². The van der Waals surface area contributed by atoms with E-state index in [2.05, 4.69) is 12.1 Å². The smallest absolute Gasteiger partial charge is 0.130 e. The fourth-order valence-electron chi connectivity index (χ4n) is 4.13. The molecule has 1 saturated carbocycles. The quantitative estimate of drug-likeness (QED) is 0.864. The molecule has 0 aliphatic heterocycles. The molecule has 0 aromatic carbocycles. The van der Waals surface area contributed by atoms with Crippen LogP contribution < -0.4 is 5.73 Å². The van der Waals surface area contributed by atoms with Gasteiger partial charge in [0.2, 0.25) is 0 Å². The average Bonchev–Trinajstić information content (AvgIpc) is 3.13. The molecule has 1 fully saturated rings. The number of thiophene rings is 1. The van der Waals surface area contributed by atoms with Gasteiger partial charge in [-0.05, 0) is 42.7 Å². The first-order valence-corrected chi connectivity index (χ1v) is 8.69. The zero-order chi connectivity index (χ0) is 14.4. The van der Waals surface area contributed by atoms with Crippen LogP contribution in [0.2, 0.25) is 0 Å². The van der Waals surface area contributed by atoms with E-state index in [0.717, 1.165) is 34.9 Å². The van der Waals surface area contributed by atoms with E-state index < -0.39 is 0 Å². The number of aryl methyl sites for hydroxylation is 1. The molecule has 0 radical (unpaired) electrons. The van der Waals surface area contributed by atoms with Gasteiger partial charge in [0, 0.05) is 11.1 Å². The topological polar surface area (TPSA) is 62.7 Å². The highest BCUT2D eigenvalue weighted by molar-refractivity contribution is 7.19. The SMILES string of the molecule is N#Cc1sc2nc3c(cc2c1N)CC(C1CCCC1)CC3. The number of aromatic nitrogens is 1. The molecule has 2 aromatic rings. The number of nitriles is 1. The summed E-state index contributed by atoms with van der Waals surface area (Å²) in [5.74, 6) is 1.75. The maximum atomic E-state index is 9.12. The van der Waals surface area contributed by atoms with E-state index in [1.54, 1.807) is 0 Å². The second kappa shape index (κ2) is 4.99. The molecule has 108 valence electrons. The summed E-state index contributed by atoms with van der Waals surface area (Å²) in [4.78, 5) is 6.33.